The predicted octanol–water partition coefficient (Wildman–Crippen LogP) is 10.5. The van der Waals surface area contributed by atoms with Crippen LogP contribution in [0.25, 0.3) is 88.3 Å². The average molecular weight is 551 g/mol. The van der Waals surface area contributed by atoms with E-state index in [2.05, 4.69) is 113 Å². The molecule has 0 spiro atoms. The second kappa shape index (κ2) is 7.55. The third-order valence-electron chi connectivity index (χ3n) is 9.52. The lowest BCUT2D eigenvalue weighted by Crippen LogP contribution is -2.24. The molecule has 4 aromatic heterocycles. The Morgan fingerprint density at radius 1 is 0.628 bits per heavy atom. The highest BCUT2D eigenvalue weighted by molar-refractivity contribution is 6.29. The molecular weight excluding hydrogens is 528 g/mol. The van der Waals surface area contributed by atoms with Crippen molar-refractivity contribution in [3.05, 3.63) is 126 Å². The molecule has 43 heavy (non-hydrogen) atoms. The van der Waals surface area contributed by atoms with Gasteiger partial charge in [-0.2, -0.15) is 0 Å². The van der Waals surface area contributed by atoms with E-state index < -0.39 is 0 Å². The standard InChI is InChI=1S/C39H22N2O2/c1-4-10-31-23(7-1)18-30-36-37-28(20-29-26-9-3-6-12-34(26)43-38(29)36)24-15-13-22(19-32(24)41(37)39(30)40-31)21-14-16-35-27(17-21)25-8-2-5-11-33(25)42-35/h1-20,31,40H. The number of rotatable bonds is 1. The zero-order valence-electron chi connectivity index (χ0n) is 22.9. The fourth-order valence-corrected chi connectivity index (χ4v) is 7.58. The van der Waals surface area contributed by atoms with Crippen molar-refractivity contribution in [2.45, 2.75) is 6.04 Å². The topological polar surface area (TPSA) is 42.7 Å². The molecule has 1 aliphatic carbocycles. The van der Waals surface area contributed by atoms with Crippen molar-refractivity contribution in [1.29, 1.82) is 0 Å². The SMILES string of the molecule is C1=CC2=Cc3c(n4c5cc(-c6ccc7oc8ccccc8c7c6)ccc5c5cc6c7ccccc7oc6c3c54)NC2C=C1. The number of hydrogen-bond acceptors (Lipinski definition) is 3. The van der Waals surface area contributed by atoms with Gasteiger partial charge in [0.15, 0.2) is 0 Å². The van der Waals surface area contributed by atoms with Crippen LogP contribution in [0.1, 0.15) is 5.56 Å². The summed E-state index contributed by atoms with van der Waals surface area (Å²) < 4.78 is 15.2. The first kappa shape index (κ1) is 21.9. The normalized spacial score (nSPS) is 16.3. The van der Waals surface area contributed by atoms with Gasteiger partial charge in [-0.25, -0.2) is 0 Å². The Kier molecular flexibility index (Phi) is 3.85. The lowest BCUT2D eigenvalue weighted by Gasteiger charge is -2.25. The number of nitrogens with zero attached hydrogens (tertiary/aromatic N) is 1. The molecule has 1 N–H and O–H groups in total. The zero-order valence-corrected chi connectivity index (χ0v) is 22.9. The summed E-state index contributed by atoms with van der Waals surface area (Å²) in [5.41, 5.74) is 10.9. The van der Waals surface area contributed by atoms with Gasteiger partial charge in [-0.3, -0.25) is 4.40 Å². The molecule has 4 heteroatoms. The molecule has 0 radical (unpaired) electrons. The summed E-state index contributed by atoms with van der Waals surface area (Å²) in [5, 5.41) is 12.1. The summed E-state index contributed by atoms with van der Waals surface area (Å²) in [7, 11) is 0. The first-order valence-corrected chi connectivity index (χ1v) is 14.7. The van der Waals surface area contributed by atoms with Crippen LogP contribution < -0.4 is 5.32 Å². The number of anilines is 1. The van der Waals surface area contributed by atoms with E-state index in [1.807, 2.05) is 18.2 Å². The van der Waals surface area contributed by atoms with Gasteiger partial charge in [-0.05, 0) is 59.2 Å². The molecule has 0 saturated carbocycles. The average Bonchev–Trinajstić information content (AvgIpc) is 3.79. The minimum atomic E-state index is 0.136. The number of allylic oxidation sites excluding steroid dienone is 2. The molecule has 1 atom stereocenters. The van der Waals surface area contributed by atoms with Crippen molar-refractivity contribution >= 4 is 83.0 Å². The second-order valence-corrected chi connectivity index (χ2v) is 11.8. The van der Waals surface area contributed by atoms with Gasteiger partial charge in [0.25, 0.3) is 0 Å². The minimum absolute atomic E-state index is 0.136. The smallest absolute Gasteiger partial charge is 0.145 e. The van der Waals surface area contributed by atoms with Gasteiger partial charge in [0, 0.05) is 37.9 Å². The molecule has 11 rings (SSSR count). The number of fused-ring (bicyclic) bond motifs is 14. The summed E-state index contributed by atoms with van der Waals surface area (Å²) in [6.45, 7) is 0. The van der Waals surface area contributed by atoms with Crippen molar-refractivity contribution < 1.29 is 8.83 Å². The molecule has 1 aliphatic heterocycles. The molecule has 0 saturated heterocycles. The van der Waals surface area contributed by atoms with E-state index in [4.69, 9.17) is 8.83 Å². The van der Waals surface area contributed by atoms with Crippen molar-refractivity contribution in [3.8, 4) is 11.1 Å². The predicted molar refractivity (Wildman–Crippen MR) is 177 cm³/mol. The van der Waals surface area contributed by atoms with Crippen LogP contribution >= 0.6 is 0 Å². The van der Waals surface area contributed by atoms with E-state index in [-0.39, 0.29) is 6.04 Å². The van der Waals surface area contributed by atoms with Crippen LogP contribution in [0, 0.1) is 0 Å². The Hall–Kier alpha value is -5.74. The Balaban J connectivity index is 1.26. The van der Waals surface area contributed by atoms with Crippen LogP contribution in [0.3, 0.4) is 0 Å². The van der Waals surface area contributed by atoms with E-state index in [0.29, 0.717) is 0 Å². The molecule has 1 unspecified atom stereocenters. The van der Waals surface area contributed by atoms with Gasteiger partial charge in [-0.15, -0.1) is 0 Å². The molecule has 0 amide bonds. The second-order valence-electron chi connectivity index (χ2n) is 11.8. The monoisotopic (exact) mass is 550 g/mol. The van der Waals surface area contributed by atoms with Crippen LogP contribution in [0.2, 0.25) is 0 Å². The fraction of sp³-hybridized carbons (Fsp3) is 0.0256. The van der Waals surface area contributed by atoms with E-state index in [1.165, 1.54) is 49.5 Å². The van der Waals surface area contributed by atoms with E-state index >= 15 is 0 Å². The molecule has 9 aromatic rings. The lowest BCUT2D eigenvalue weighted by molar-refractivity contribution is 0.669. The largest absolute Gasteiger partial charge is 0.456 e. The molecule has 5 heterocycles. The Morgan fingerprint density at radius 2 is 1.40 bits per heavy atom. The number of nitrogens with one attached hydrogen (secondary N) is 1. The van der Waals surface area contributed by atoms with Crippen LogP contribution in [0.15, 0.2) is 130 Å². The maximum Gasteiger partial charge on any atom is 0.145 e. The molecule has 0 fully saturated rings. The third-order valence-corrected chi connectivity index (χ3v) is 9.52. The fourth-order valence-electron chi connectivity index (χ4n) is 7.58. The van der Waals surface area contributed by atoms with E-state index in [1.54, 1.807) is 0 Å². The number of para-hydroxylation sites is 2. The summed E-state index contributed by atoms with van der Waals surface area (Å²) >= 11 is 0. The van der Waals surface area contributed by atoms with E-state index in [9.17, 15) is 0 Å². The van der Waals surface area contributed by atoms with Gasteiger partial charge in [0.1, 0.15) is 28.1 Å². The Labute approximate surface area is 244 Å². The molecule has 2 aliphatic rings. The van der Waals surface area contributed by atoms with Crippen LogP contribution in [0.4, 0.5) is 5.82 Å². The number of furan rings is 2. The van der Waals surface area contributed by atoms with Crippen LogP contribution in [0.5, 0.6) is 0 Å². The van der Waals surface area contributed by atoms with Gasteiger partial charge in [0.2, 0.25) is 0 Å². The number of aromatic nitrogens is 1. The molecule has 4 nitrogen and oxygen atoms in total. The maximum absolute atomic E-state index is 6.61. The van der Waals surface area contributed by atoms with Gasteiger partial charge < -0.3 is 14.2 Å². The Morgan fingerprint density at radius 3 is 2.30 bits per heavy atom. The van der Waals surface area contributed by atoms with Crippen molar-refractivity contribution in [2.24, 2.45) is 0 Å². The summed E-state index contributed by atoms with van der Waals surface area (Å²) in [6.07, 6.45) is 11.0. The zero-order chi connectivity index (χ0) is 27.8. The summed E-state index contributed by atoms with van der Waals surface area (Å²) in [4.78, 5) is 0. The molecule has 200 valence electrons. The van der Waals surface area contributed by atoms with Crippen LogP contribution in [-0.2, 0) is 0 Å². The first-order valence-electron chi connectivity index (χ1n) is 14.7. The van der Waals surface area contributed by atoms with Gasteiger partial charge >= 0.3 is 0 Å². The summed E-state index contributed by atoms with van der Waals surface area (Å²) in [6, 6.07) is 32.5. The molecular formula is C39H22N2O2. The van der Waals surface area contributed by atoms with E-state index in [0.717, 1.165) is 49.7 Å². The van der Waals surface area contributed by atoms with Gasteiger partial charge in [-0.1, -0.05) is 78.9 Å². The lowest BCUT2D eigenvalue weighted by atomic mass is 9.94. The quantitative estimate of drug-likeness (QED) is 0.221. The third kappa shape index (κ3) is 2.71. The van der Waals surface area contributed by atoms with Crippen molar-refractivity contribution in [3.63, 3.8) is 0 Å². The molecule has 5 aromatic carbocycles. The highest BCUT2D eigenvalue weighted by Gasteiger charge is 2.30. The molecule has 0 bridgehead atoms. The van der Waals surface area contributed by atoms with Gasteiger partial charge in [0.05, 0.1) is 22.5 Å². The summed E-state index contributed by atoms with van der Waals surface area (Å²) in [5.74, 6) is 1.12. The van der Waals surface area contributed by atoms with Crippen molar-refractivity contribution in [2.75, 3.05) is 5.32 Å². The highest BCUT2D eigenvalue weighted by Crippen LogP contribution is 2.49. The highest BCUT2D eigenvalue weighted by atomic mass is 16.3. The number of benzene rings is 5. The van der Waals surface area contributed by atoms with Crippen molar-refractivity contribution in [1.82, 2.24) is 4.40 Å². The minimum Gasteiger partial charge on any atom is -0.456 e. The first-order chi connectivity index (χ1) is 21.3. The van der Waals surface area contributed by atoms with Crippen LogP contribution in [-0.4, -0.2) is 10.4 Å². The maximum atomic E-state index is 6.61. The number of hydrogen-bond donors (Lipinski definition) is 1. The Bertz CT molecular complexity index is 2760.